The molecule has 0 N–H and O–H groups in total. The van der Waals surface area contributed by atoms with E-state index in [1.807, 2.05) is 49.5 Å². The number of benzene rings is 3. The van der Waals surface area contributed by atoms with Crippen LogP contribution in [-0.2, 0) is 26.6 Å². The second kappa shape index (κ2) is 10.4. The van der Waals surface area contributed by atoms with Crippen LogP contribution in [0.2, 0.25) is 0 Å². The van der Waals surface area contributed by atoms with Crippen molar-refractivity contribution in [3.8, 4) is 11.5 Å². The number of nitrogens with zero attached hydrogens (tertiary/aromatic N) is 4. The summed E-state index contributed by atoms with van der Waals surface area (Å²) in [4.78, 5) is 6.79. The molecule has 0 amide bonds. The lowest BCUT2D eigenvalue weighted by molar-refractivity contribution is 0.253. The number of ether oxygens (including phenoxy) is 1. The molecule has 0 radical (unpaired) electrons. The molecular formula is C25H25BrN4O. The Balaban J connectivity index is 1.42. The Kier molecular flexibility index (Phi) is 7.12. The molecule has 158 valence electrons. The first kappa shape index (κ1) is 21.3. The molecule has 0 aliphatic heterocycles. The number of aryl methyl sites for hydroxylation is 1. The molecule has 4 rings (SSSR count). The standard InChI is InChI=1S/C25H25BrN4O/c1-29-19-27-25(28-29)18-30(16-15-20-7-11-22(26)12-8-20)17-21-9-13-24(14-10-21)31-23-5-3-2-4-6-23/h2-14,19H,15-18H2,1H3. The van der Waals surface area contributed by atoms with Crippen LogP contribution >= 0.6 is 15.9 Å². The molecule has 0 spiro atoms. The van der Waals surface area contributed by atoms with Gasteiger partial charge in [-0.2, -0.15) is 5.10 Å². The Hall–Kier alpha value is -2.96. The largest absolute Gasteiger partial charge is 0.457 e. The second-order valence-electron chi connectivity index (χ2n) is 7.48. The maximum Gasteiger partial charge on any atom is 0.164 e. The molecule has 0 atom stereocenters. The van der Waals surface area contributed by atoms with E-state index in [-0.39, 0.29) is 0 Å². The second-order valence-corrected chi connectivity index (χ2v) is 8.40. The van der Waals surface area contributed by atoms with Crippen LogP contribution in [0.25, 0.3) is 0 Å². The number of aromatic nitrogens is 3. The van der Waals surface area contributed by atoms with Gasteiger partial charge in [0.05, 0.1) is 6.54 Å². The highest BCUT2D eigenvalue weighted by atomic mass is 79.9. The minimum absolute atomic E-state index is 0.708. The van der Waals surface area contributed by atoms with Crippen LogP contribution in [0.3, 0.4) is 0 Å². The zero-order chi connectivity index (χ0) is 21.5. The van der Waals surface area contributed by atoms with E-state index in [1.54, 1.807) is 11.0 Å². The third kappa shape index (κ3) is 6.51. The van der Waals surface area contributed by atoms with Crippen LogP contribution in [0.1, 0.15) is 17.0 Å². The molecule has 5 nitrogen and oxygen atoms in total. The fourth-order valence-corrected chi connectivity index (χ4v) is 3.62. The normalized spacial score (nSPS) is 11.1. The summed E-state index contributed by atoms with van der Waals surface area (Å²) in [6.07, 6.45) is 2.72. The van der Waals surface area contributed by atoms with Gasteiger partial charge in [-0.25, -0.2) is 4.98 Å². The summed E-state index contributed by atoms with van der Waals surface area (Å²) in [7, 11) is 1.90. The average Bonchev–Trinajstić information content (AvgIpc) is 3.20. The summed E-state index contributed by atoms with van der Waals surface area (Å²) in [6.45, 7) is 2.45. The Morgan fingerprint density at radius 1 is 0.839 bits per heavy atom. The summed E-state index contributed by atoms with van der Waals surface area (Å²) in [5.74, 6) is 2.51. The van der Waals surface area contributed by atoms with Crippen molar-refractivity contribution < 1.29 is 4.74 Å². The first-order valence-corrected chi connectivity index (χ1v) is 11.1. The maximum atomic E-state index is 5.91. The third-order valence-electron chi connectivity index (χ3n) is 4.95. The maximum absolute atomic E-state index is 5.91. The van der Waals surface area contributed by atoms with E-state index in [4.69, 9.17) is 4.74 Å². The van der Waals surface area contributed by atoms with E-state index in [1.165, 1.54) is 11.1 Å². The Morgan fingerprint density at radius 3 is 2.19 bits per heavy atom. The highest BCUT2D eigenvalue weighted by Crippen LogP contribution is 2.22. The SMILES string of the molecule is Cn1cnc(CN(CCc2ccc(Br)cc2)Cc2ccc(Oc3ccccc3)cc2)n1. The molecule has 1 aromatic heterocycles. The van der Waals surface area contributed by atoms with Gasteiger partial charge in [0.2, 0.25) is 0 Å². The highest BCUT2D eigenvalue weighted by Gasteiger charge is 2.11. The van der Waals surface area contributed by atoms with Crippen molar-refractivity contribution in [2.75, 3.05) is 6.54 Å². The molecule has 0 aliphatic carbocycles. The van der Waals surface area contributed by atoms with Crippen molar-refractivity contribution >= 4 is 15.9 Å². The predicted molar refractivity (Wildman–Crippen MR) is 126 cm³/mol. The molecule has 6 heteroatoms. The van der Waals surface area contributed by atoms with Crippen molar-refractivity contribution in [3.05, 3.63) is 107 Å². The minimum atomic E-state index is 0.708. The number of para-hydroxylation sites is 1. The summed E-state index contributed by atoms with van der Waals surface area (Å²) >= 11 is 3.50. The summed E-state index contributed by atoms with van der Waals surface area (Å²) < 4.78 is 8.76. The van der Waals surface area contributed by atoms with E-state index in [9.17, 15) is 0 Å². The number of hydrogen-bond acceptors (Lipinski definition) is 4. The van der Waals surface area contributed by atoms with Crippen molar-refractivity contribution in [2.24, 2.45) is 7.05 Å². The van der Waals surface area contributed by atoms with Crippen molar-refractivity contribution in [1.82, 2.24) is 19.7 Å². The lowest BCUT2D eigenvalue weighted by atomic mass is 10.1. The van der Waals surface area contributed by atoms with Crippen molar-refractivity contribution in [3.63, 3.8) is 0 Å². The zero-order valence-corrected chi connectivity index (χ0v) is 19.1. The predicted octanol–water partition coefficient (Wildman–Crippen LogP) is 5.61. The number of hydrogen-bond donors (Lipinski definition) is 0. The smallest absolute Gasteiger partial charge is 0.164 e. The first-order chi connectivity index (χ1) is 15.1. The first-order valence-electron chi connectivity index (χ1n) is 10.3. The zero-order valence-electron chi connectivity index (χ0n) is 17.5. The van der Waals surface area contributed by atoms with Gasteiger partial charge >= 0.3 is 0 Å². The van der Waals surface area contributed by atoms with Gasteiger partial charge in [-0.15, -0.1) is 0 Å². The van der Waals surface area contributed by atoms with Gasteiger partial charge in [0.25, 0.3) is 0 Å². The highest BCUT2D eigenvalue weighted by molar-refractivity contribution is 9.10. The van der Waals surface area contributed by atoms with Gasteiger partial charge in [-0.1, -0.05) is 58.4 Å². The lowest BCUT2D eigenvalue weighted by Crippen LogP contribution is -2.26. The molecule has 0 aliphatic rings. The van der Waals surface area contributed by atoms with Gasteiger partial charge in [0.15, 0.2) is 5.82 Å². The van der Waals surface area contributed by atoms with Crippen molar-refractivity contribution in [2.45, 2.75) is 19.5 Å². The Labute approximate surface area is 191 Å². The summed E-state index contributed by atoms with van der Waals surface area (Å²) in [5.41, 5.74) is 2.54. The van der Waals surface area contributed by atoms with Gasteiger partial charge in [0, 0.05) is 24.6 Å². The molecular weight excluding hydrogens is 452 g/mol. The minimum Gasteiger partial charge on any atom is -0.457 e. The van der Waals surface area contributed by atoms with E-state index < -0.39 is 0 Å². The quantitative estimate of drug-likeness (QED) is 0.314. The van der Waals surface area contributed by atoms with Crippen LogP contribution in [-0.4, -0.2) is 26.2 Å². The fourth-order valence-electron chi connectivity index (χ4n) is 3.35. The third-order valence-corrected chi connectivity index (χ3v) is 5.48. The molecule has 31 heavy (non-hydrogen) atoms. The Morgan fingerprint density at radius 2 is 1.52 bits per heavy atom. The molecule has 0 saturated carbocycles. The van der Waals surface area contributed by atoms with E-state index >= 15 is 0 Å². The average molecular weight is 477 g/mol. The summed E-state index contributed by atoms with van der Waals surface area (Å²) in [6, 6.07) is 26.6. The number of rotatable bonds is 9. The van der Waals surface area contributed by atoms with Gasteiger partial charge in [-0.3, -0.25) is 9.58 Å². The monoisotopic (exact) mass is 476 g/mol. The summed E-state index contributed by atoms with van der Waals surface area (Å²) in [5, 5.41) is 4.46. The van der Waals surface area contributed by atoms with E-state index in [2.05, 4.69) is 67.3 Å². The fraction of sp³-hybridized carbons (Fsp3) is 0.200. The van der Waals surface area contributed by atoms with Crippen LogP contribution < -0.4 is 4.74 Å². The van der Waals surface area contributed by atoms with Gasteiger partial charge in [-0.05, 0) is 53.9 Å². The van der Waals surface area contributed by atoms with Crippen LogP contribution in [0, 0.1) is 0 Å². The molecule has 0 bridgehead atoms. The molecule has 1 heterocycles. The van der Waals surface area contributed by atoms with Gasteiger partial charge in [0.1, 0.15) is 17.8 Å². The van der Waals surface area contributed by atoms with Crippen LogP contribution in [0.15, 0.2) is 89.7 Å². The van der Waals surface area contributed by atoms with E-state index in [0.717, 1.165) is 41.3 Å². The number of halogens is 1. The van der Waals surface area contributed by atoms with Crippen LogP contribution in [0.5, 0.6) is 11.5 Å². The lowest BCUT2D eigenvalue weighted by Gasteiger charge is -2.21. The van der Waals surface area contributed by atoms with Gasteiger partial charge < -0.3 is 4.74 Å². The molecule has 4 aromatic rings. The van der Waals surface area contributed by atoms with E-state index in [0.29, 0.717) is 6.54 Å². The van der Waals surface area contributed by atoms with Crippen LogP contribution in [0.4, 0.5) is 0 Å². The Bertz CT molecular complexity index is 1080. The molecule has 3 aromatic carbocycles. The topological polar surface area (TPSA) is 43.2 Å². The molecule has 0 saturated heterocycles. The molecule has 0 fully saturated rings. The molecule has 0 unspecified atom stereocenters. The van der Waals surface area contributed by atoms with Crippen molar-refractivity contribution in [1.29, 1.82) is 0 Å².